The van der Waals surface area contributed by atoms with Gasteiger partial charge < -0.3 is 10.6 Å². The molecule has 0 aliphatic carbocycles. The highest BCUT2D eigenvalue weighted by molar-refractivity contribution is 5.98. The van der Waals surface area contributed by atoms with Gasteiger partial charge in [0.15, 0.2) is 0 Å². The van der Waals surface area contributed by atoms with E-state index in [1.54, 1.807) is 0 Å². The standard InChI is InChI=1S/C13H18FN3O/c1-3-10-5-4-8(2)17(10)13(18)11-6-9(14)7-16-12(11)15/h6-8,10H,3-5H2,1-2H3,(H2,15,16). The lowest BCUT2D eigenvalue weighted by Gasteiger charge is -2.28. The summed E-state index contributed by atoms with van der Waals surface area (Å²) < 4.78 is 13.2. The molecule has 2 rings (SSSR count). The Morgan fingerprint density at radius 3 is 3.00 bits per heavy atom. The molecule has 0 saturated carbocycles. The molecule has 1 fully saturated rings. The smallest absolute Gasteiger partial charge is 0.258 e. The molecule has 2 N–H and O–H groups in total. The highest BCUT2D eigenvalue weighted by Gasteiger charge is 2.34. The van der Waals surface area contributed by atoms with Crippen LogP contribution in [0.1, 0.15) is 43.5 Å². The van der Waals surface area contributed by atoms with Gasteiger partial charge in [-0.2, -0.15) is 0 Å². The third-order valence-corrected chi connectivity index (χ3v) is 3.61. The first-order chi connectivity index (χ1) is 8.54. The Kier molecular flexibility index (Phi) is 3.50. The summed E-state index contributed by atoms with van der Waals surface area (Å²) in [6, 6.07) is 1.56. The zero-order valence-electron chi connectivity index (χ0n) is 10.7. The summed E-state index contributed by atoms with van der Waals surface area (Å²) in [7, 11) is 0. The number of nitrogen functional groups attached to an aromatic ring is 1. The lowest BCUT2D eigenvalue weighted by atomic mass is 10.1. The third-order valence-electron chi connectivity index (χ3n) is 3.61. The normalized spacial score (nSPS) is 23.4. The monoisotopic (exact) mass is 251 g/mol. The molecule has 0 aromatic carbocycles. The van der Waals surface area contributed by atoms with Crippen LogP contribution in [0.3, 0.4) is 0 Å². The minimum atomic E-state index is -0.535. The van der Waals surface area contributed by atoms with Gasteiger partial charge in [-0.1, -0.05) is 6.92 Å². The van der Waals surface area contributed by atoms with Crippen molar-refractivity contribution in [3.63, 3.8) is 0 Å². The Morgan fingerprint density at radius 2 is 2.33 bits per heavy atom. The Hall–Kier alpha value is -1.65. The topological polar surface area (TPSA) is 59.2 Å². The van der Waals surface area contributed by atoms with Crippen LogP contribution in [-0.2, 0) is 0 Å². The van der Waals surface area contributed by atoms with Gasteiger partial charge in [0, 0.05) is 12.1 Å². The summed E-state index contributed by atoms with van der Waals surface area (Å²) in [4.78, 5) is 18.0. The maximum absolute atomic E-state index is 13.2. The van der Waals surface area contributed by atoms with E-state index in [0.29, 0.717) is 0 Å². The zero-order valence-corrected chi connectivity index (χ0v) is 10.7. The molecule has 1 aromatic heterocycles. The first kappa shape index (κ1) is 12.8. The van der Waals surface area contributed by atoms with Gasteiger partial charge in [-0.15, -0.1) is 0 Å². The molecule has 98 valence electrons. The molecular weight excluding hydrogens is 233 g/mol. The fourth-order valence-corrected chi connectivity index (χ4v) is 2.60. The Labute approximate surface area is 106 Å². The number of nitrogens with two attached hydrogens (primary N) is 1. The molecule has 1 aliphatic heterocycles. The van der Waals surface area contributed by atoms with Crippen molar-refractivity contribution >= 4 is 11.7 Å². The second kappa shape index (κ2) is 4.92. The number of anilines is 1. The highest BCUT2D eigenvalue weighted by Crippen LogP contribution is 2.28. The fraction of sp³-hybridized carbons (Fsp3) is 0.538. The number of carbonyl (C=O) groups excluding carboxylic acids is 1. The van der Waals surface area contributed by atoms with Crippen LogP contribution in [0.4, 0.5) is 10.2 Å². The Morgan fingerprint density at radius 1 is 1.61 bits per heavy atom. The van der Waals surface area contributed by atoms with Gasteiger partial charge in [0.1, 0.15) is 11.6 Å². The van der Waals surface area contributed by atoms with Gasteiger partial charge in [0.2, 0.25) is 0 Å². The van der Waals surface area contributed by atoms with Gasteiger partial charge in [0.05, 0.1) is 11.8 Å². The second-order valence-corrected chi connectivity index (χ2v) is 4.79. The van der Waals surface area contributed by atoms with Gasteiger partial charge in [-0.3, -0.25) is 4.79 Å². The predicted octanol–water partition coefficient (Wildman–Crippen LogP) is 2.21. The number of carbonyl (C=O) groups is 1. The van der Waals surface area contributed by atoms with Crippen molar-refractivity contribution in [1.82, 2.24) is 9.88 Å². The summed E-state index contributed by atoms with van der Waals surface area (Å²) in [5.41, 5.74) is 5.83. The van der Waals surface area contributed by atoms with E-state index in [1.165, 1.54) is 6.07 Å². The Bertz CT molecular complexity index is 464. The number of nitrogens with zero attached hydrogens (tertiary/aromatic N) is 2. The van der Waals surface area contributed by atoms with Crippen LogP contribution < -0.4 is 5.73 Å². The molecule has 0 radical (unpaired) electrons. The molecule has 18 heavy (non-hydrogen) atoms. The molecule has 2 atom stereocenters. The number of halogens is 1. The van der Waals surface area contributed by atoms with Gasteiger partial charge in [0.25, 0.3) is 5.91 Å². The van der Waals surface area contributed by atoms with E-state index >= 15 is 0 Å². The SMILES string of the molecule is CCC1CCC(C)N1C(=O)c1cc(F)cnc1N. The number of hydrogen-bond acceptors (Lipinski definition) is 3. The average Bonchev–Trinajstić information content (AvgIpc) is 2.72. The predicted molar refractivity (Wildman–Crippen MR) is 67.6 cm³/mol. The third kappa shape index (κ3) is 2.17. The first-order valence-electron chi connectivity index (χ1n) is 6.28. The van der Waals surface area contributed by atoms with Crippen LogP contribution in [0.15, 0.2) is 12.3 Å². The molecule has 1 saturated heterocycles. The van der Waals surface area contributed by atoms with Crippen molar-refractivity contribution in [2.75, 3.05) is 5.73 Å². The van der Waals surface area contributed by atoms with E-state index in [9.17, 15) is 9.18 Å². The minimum absolute atomic E-state index is 0.0929. The highest BCUT2D eigenvalue weighted by atomic mass is 19.1. The van der Waals surface area contributed by atoms with E-state index in [0.717, 1.165) is 25.5 Å². The molecule has 2 heterocycles. The van der Waals surface area contributed by atoms with Crippen molar-refractivity contribution in [3.8, 4) is 0 Å². The molecule has 0 spiro atoms. The van der Waals surface area contributed by atoms with Gasteiger partial charge in [-0.05, 0) is 32.3 Å². The van der Waals surface area contributed by atoms with Crippen LogP contribution in [-0.4, -0.2) is 27.9 Å². The van der Waals surface area contributed by atoms with Gasteiger partial charge >= 0.3 is 0 Å². The molecule has 4 nitrogen and oxygen atoms in total. The lowest BCUT2D eigenvalue weighted by molar-refractivity contribution is 0.0676. The van der Waals surface area contributed by atoms with E-state index in [4.69, 9.17) is 5.73 Å². The number of aromatic nitrogens is 1. The Balaban J connectivity index is 2.32. The molecule has 1 aliphatic rings. The van der Waals surface area contributed by atoms with Crippen molar-refractivity contribution in [3.05, 3.63) is 23.6 Å². The number of pyridine rings is 1. The summed E-state index contributed by atoms with van der Waals surface area (Å²) in [5, 5.41) is 0. The van der Waals surface area contributed by atoms with Crippen LogP contribution in [0.5, 0.6) is 0 Å². The van der Waals surface area contributed by atoms with Crippen LogP contribution in [0, 0.1) is 5.82 Å². The van der Waals surface area contributed by atoms with Crippen molar-refractivity contribution in [2.24, 2.45) is 0 Å². The molecule has 0 bridgehead atoms. The number of rotatable bonds is 2. The van der Waals surface area contributed by atoms with Gasteiger partial charge in [-0.25, -0.2) is 9.37 Å². The van der Waals surface area contributed by atoms with Crippen LogP contribution >= 0.6 is 0 Å². The van der Waals surface area contributed by atoms with Crippen LogP contribution in [0.2, 0.25) is 0 Å². The molecule has 2 unspecified atom stereocenters. The lowest BCUT2D eigenvalue weighted by Crippen LogP contribution is -2.40. The average molecular weight is 251 g/mol. The summed E-state index contributed by atoms with van der Waals surface area (Å²) >= 11 is 0. The first-order valence-corrected chi connectivity index (χ1v) is 6.28. The largest absolute Gasteiger partial charge is 0.383 e. The number of amides is 1. The van der Waals surface area contributed by atoms with Crippen molar-refractivity contribution < 1.29 is 9.18 Å². The summed E-state index contributed by atoms with van der Waals surface area (Å²) in [6.07, 6.45) is 3.90. The maximum Gasteiger partial charge on any atom is 0.258 e. The summed E-state index contributed by atoms with van der Waals surface area (Å²) in [5.74, 6) is -0.654. The zero-order chi connectivity index (χ0) is 13.3. The van der Waals surface area contributed by atoms with E-state index in [-0.39, 0.29) is 29.4 Å². The molecule has 5 heteroatoms. The minimum Gasteiger partial charge on any atom is -0.383 e. The van der Waals surface area contributed by atoms with Crippen LogP contribution in [0.25, 0.3) is 0 Å². The van der Waals surface area contributed by atoms with E-state index in [2.05, 4.69) is 11.9 Å². The van der Waals surface area contributed by atoms with E-state index < -0.39 is 5.82 Å². The second-order valence-electron chi connectivity index (χ2n) is 4.79. The van der Waals surface area contributed by atoms with Crippen molar-refractivity contribution in [1.29, 1.82) is 0 Å². The number of hydrogen-bond donors (Lipinski definition) is 1. The van der Waals surface area contributed by atoms with E-state index in [1.807, 2.05) is 11.8 Å². The molecule has 1 aromatic rings. The number of likely N-dealkylation sites (tertiary alicyclic amines) is 1. The molecule has 1 amide bonds. The fourth-order valence-electron chi connectivity index (χ4n) is 2.60. The quantitative estimate of drug-likeness (QED) is 0.876. The maximum atomic E-state index is 13.2. The molecular formula is C13H18FN3O. The summed E-state index contributed by atoms with van der Waals surface area (Å²) in [6.45, 7) is 4.06. The van der Waals surface area contributed by atoms with Crippen molar-refractivity contribution in [2.45, 2.75) is 45.2 Å².